The molecule has 3 unspecified atom stereocenters. The fraction of sp³-hybridized carbons (Fsp3) is 0.600. The van der Waals surface area contributed by atoms with Gasteiger partial charge in [0.05, 0.1) is 18.8 Å². The van der Waals surface area contributed by atoms with Gasteiger partial charge < -0.3 is 15.4 Å². The predicted molar refractivity (Wildman–Crippen MR) is 130 cm³/mol. The van der Waals surface area contributed by atoms with E-state index in [0.717, 1.165) is 32.7 Å². The van der Waals surface area contributed by atoms with Crippen molar-refractivity contribution in [2.24, 2.45) is 0 Å². The van der Waals surface area contributed by atoms with Crippen molar-refractivity contribution in [3.05, 3.63) is 35.9 Å². The molecule has 1 fully saturated rings. The lowest BCUT2D eigenvalue weighted by Crippen LogP contribution is -2.65. The molecule has 1 aromatic rings. The number of hydrazine groups is 2. The van der Waals surface area contributed by atoms with E-state index in [-0.39, 0.29) is 18.2 Å². The molecule has 0 bridgehead atoms. The van der Waals surface area contributed by atoms with Crippen LogP contribution in [0, 0.1) is 0 Å². The minimum atomic E-state index is -0.0582. The maximum absolute atomic E-state index is 6.15. The third kappa shape index (κ3) is 8.66. The van der Waals surface area contributed by atoms with Gasteiger partial charge in [0, 0.05) is 38.8 Å². The number of hydrogen-bond donors (Lipinski definition) is 6. The number of benzene rings is 1. The summed E-state index contributed by atoms with van der Waals surface area (Å²) in [4.78, 5) is 2.42. The third-order valence-electron chi connectivity index (χ3n) is 4.81. The molecule has 0 aromatic heterocycles. The van der Waals surface area contributed by atoms with Gasteiger partial charge in [-0.3, -0.25) is 15.8 Å². The number of thiocarbonyl (C=S) groups is 2. The van der Waals surface area contributed by atoms with Gasteiger partial charge in [-0.05, 0) is 50.8 Å². The fourth-order valence-electron chi connectivity index (χ4n) is 3.30. The molecule has 168 valence electrons. The normalized spacial score (nSPS) is 18.8. The van der Waals surface area contributed by atoms with Crippen LogP contribution >= 0.6 is 24.4 Å². The molecule has 3 atom stereocenters. The van der Waals surface area contributed by atoms with E-state index in [0.29, 0.717) is 16.8 Å². The summed E-state index contributed by atoms with van der Waals surface area (Å²) < 4.78 is 6.15. The highest BCUT2D eigenvalue weighted by atomic mass is 32.1. The largest absolute Gasteiger partial charge is 0.374 e. The average Bonchev–Trinajstić information content (AvgIpc) is 2.74. The van der Waals surface area contributed by atoms with E-state index in [4.69, 9.17) is 29.2 Å². The van der Waals surface area contributed by atoms with Crippen LogP contribution in [0.2, 0.25) is 0 Å². The highest BCUT2D eigenvalue weighted by molar-refractivity contribution is 7.80. The van der Waals surface area contributed by atoms with E-state index in [1.807, 2.05) is 19.9 Å². The zero-order valence-electron chi connectivity index (χ0n) is 18.0. The lowest BCUT2D eigenvalue weighted by atomic mass is 10.0. The molecule has 1 heterocycles. The molecule has 0 radical (unpaired) electrons. The Balaban J connectivity index is 1.99. The molecule has 8 nitrogen and oxygen atoms in total. The van der Waals surface area contributed by atoms with Gasteiger partial charge in [0.25, 0.3) is 0 Å². The van der Waals surface area contributed by atoms with Gasteiger partial charge in [0.15, 0.2) is 10.2 Å². The van der Waals surface area contributed by atoms with Gasteiger partial charge in [-0.1, -0.05) is 30.3 Å². The molecule has 2 rings (SSSR count). The maximum Gasteiger partial charge on any atom is 0.180 e. The second-order valence-corrected chi connectivity index (χ2v) is 8.02. The molecule has 0 spiro atoms. The van der Waals surface area contributed by atoms with Crippen molar-refractivity contribution in [1.82, 2.24) is 37.2 Å². The first-order valence-corrected chi connectivity index (χ1v) is 11.3. The van der Waals surface area contributed by atoms with Gasteiger partial charge in [0.1, 0.15) is 0 Å². The zero-order valence-corrected chi connectivity index (χ0v) is 19.7. The number of nitrogens with one attached hydrogen (secondary N) is 6. The summed E-state index contributed by atoms with van der Waals surface area (Å²) in [5.74, 6) is 0. The van der Waals surface area contributed by atoms with Gasteiger partial charge in [0.2, 0.25) is 0 Å². The second-order valence-electron chi connectivity index (χ2n) is 7.20. The molecular weight excluding hydrogens is 418 g/mol. The van der Waals surface area contributed by atoms with Crippen LogP contribution in [0.25, 0.3) is 0 Å². The number of nitrogens with zero attached hydrogens (tertiary/aromatic N) is 1. The molecule has 1 aliphatic rings. The molecule has 30 heavy (non-hydrogen) atoms. The topological polar surface area (TPSA) is 84.6 Å². The number of ether oxygens (including phenoxy) is 1. The lowest BCUT2D eigenvalue weighted by Gasteiger charge is -2.40. The minimum Gasteiger partial charge on any atom is -0.374 e. The Morgan fingerprint density at radius 3 is 2.33 bits per heavy atom. The van der Waals surface area contributed by atoms with Crippen molar-refractivity contribution in [2.75, 3.05) is 32.8 Å². The van der Waals surface area contributed by atoms with Crippen LogP contribution in [-0.2, 0) is 11.3 Å². The average molecular weight is 454 g/mol. The van der Waals surface area contributed by atoms with Gasteiger partial charge in [-0.2, -0.15) is 0 Å². The Labute approximate surface area is 190 Å². The van der Waals surface area contributed by atoms with Crippen molar-refractivity contribution >= 4 is 34.7 Å². The van der Waals surface area contributed by atoms with Gasteiger partial charge in [-0.25, -0.2) is 10.9 Å². The van der Waals surface area contributed by atoms with Crippen molar-refractivity contribution in [1.29, 1.82) is 0 Å². The maximum atomic E-state index is 6.15. The first kappa shape index (κ1) is 24.7. The van der Waals surface area contributed by atoms with Crippen molar-refractivity contribution in [3.8, 4) is 0 Å². The predicted octanol–water partition coefficient (Wildman–Crippen LogP) is 0.622. The highest BCUT2D eigenvalue weighted by Gasteiger charge is 2.32. The van der Waals surface area contributed by atoms with E-state index < -0.39 is 0 Å². The molecule has 10 heteroatoms. The van der Waals surface area contributed by atoms with Gasteiger partial charge in [-0.15, -0.1) is 0 Å². The molecular formula is C20H35N7OS2. The lowest BCUT2D eigenvalue weighted by molar-refractivity contribution is -0.0556. The molecule has 0 aliphatic carbocycles. The highest BCUT2D eigenvalue weighted by Crippen LogP contribution is 2.14. The van der Waals surface area contributed by atoms with E-state index in [9.17, 15) is 0 Å². The smallest absolute Gasteiger partial charge is 0.180 e. The van der Waals surface area contributed by atoms with E-state index >= 15 is 0 Å². The number of hydrogen-bond acceptors (Lipinski definition) is 6. The van der Waals surface area contributed by atoms with Crippen molar-refractivity contribution < 1.29 is 4.74 Å². The quantitative estimate of drug-likeness (QED) is 0.224. The van der Waals surface area contributed by atoms with Crippen LogP contribution in [-0.4, -0.2) is 66.1 Å². The fourth-order valence-corrected chi connectivity index (χ4v) is 3.71. The Morgan fingerprint density at radius 2 is 1.70 bits per heavy atom. The first-order chi connectivity index (χ1) is 14.5. The Morgan fingerprint density at radius 1 is 1.07 bits per heavy atom. The van der Waals surface area contributed by atoms with Crippen LogP contribution < -0.4 is 32.3 Å². The minimum absolute atomic E-state index is 0.000193. The summed E-state index contributed by atoms with van der Waals surface area (Å²) in [6.07, 6.45) is -0.0311. The standard InChI is InChI=1S/C20H35N7OS2/c1-4-21-19(29)25-23-15(3)18(24-26-20(30)22-5-2)17-14-27(11-12-28-17)13-16-9-7-6-8-10-16/h6-10,15,17-18,23-24H,4-5,11-14H2,1-3H3,(H2,21,25,29)(H2,22,26,30). The summed E-state index contributed by atoms with van der Waals surface area (Å²) in [6.45, 7) is 10.9. The number of rotatable bonds is 10. The van der Waals surface area contributed by atoms with Crippen molar-refractivity contribution in [3.63, 3.8) is 0 Å². The Hall–Kier alpha value is -1.56. The third-order valence-corrected chi connectivity index (χ3v) is 5.30. The van der Waals surface area contributed by atoms with Crippen LogP contribution in [0.3, 0.4) is 0 Å². The summed E-state index contributed by atoms with van der Waals surface area (Å²) in [5, 5.41) is 7.29. The van der Waals surface area contributed by atoms with Crippen LogP contribution in [0.5, 0.6) is 0 Å². The van der Waals surface area contributed by atoms with Gasteiger partial charge >= 0.3 is 0 Å². The molecule has 6 N–H and O–H groups in total. The molecule has 0 amide bonds. The monoisotopic (exact) mass is 453 g/mol. The second kappa shape index (κ2) is 13.7. The van der Waals surface area contributed by atoms with E-state index in [1.165, 1.54) is 5.56 Å². The number of morpholine rings is 1. The zero-order chi connectivity index (χ0) is 21.8. The van der Waals surface area contributed by atoms with Crippen LogP contribution in [0.1, 0.15) is 26.3 Å². The summed E-state index contributed by atoms with van der Waals surface area (Å²) >= 11 is 10.6. The summed E-state index contributed by atoms with van der Waals surface area (Å²) in [6, 6.07) is 10.5. The molecule has 1 aliphatic heterocycles. The van der Waals surface area contributed by atoms with Crippen LogP contribution in [0.4, 0.5) is 0 Å². The first-order valence-electron chi connectivity index (χ1n) is 10.5. The molecule has 1 saturated heterocycles. The molecule has 0 saturated carbocycles. The van der Waals surface area contributed by atoms with E-state index in [1.54, 1.807) is 0 Å². The SMILES string of the molecule is CCNC(=S)NNC(C)C(NNC(=S)NCC)C1CN(Cc2ccccc2)CCO1. The Kier molecular flexibility index (Phi) is 11.3. The Bertz CT molecular complexity index is 649. The summed E-state index contributed by atoms with van der Waals surface area (Å²) in [7, 11) is 0. The van der Waals surface area contributed by atoms with Crippen molar-refractivity contribution in [2.45, 2.75) is 45.5 Å². The van der Waals surface area contributed by atoms with Crippen LogP contribution in [0.15, 0.2) is 30.3 Å². The molecule has 1 aromatic carbocycles. The summed E-state index contributed by atoms with van der Waals surface area (Å²) in [5.41, 5.74) is 14.1. The van der Waals surface area contributed by atoms with E-state index in [2.05, 4.69) is 68.4 Å².